The van der Waals surface area contributed by atoms with E-state index in [0.717, 1.165) is 11.1 Å². The van der Waals surface area contributed by atoms with Crippen molar-refractivity contribution in [3.8, 4) is 0 Å². The molecule has 0 unspecified atom stereocenters. The lowest BCUT2D eigenvalue weighted by Crippen LogP contribution is -2.57. The summed E-state index contributed by atoms with van der Waals surface area (Å²) in [7, 11) is 3.87. The number of hydrogen-bond acceptors (Lipinski definition) is 5. The highest BCUT2D eigenvalue weighted by molar-refractivity contribution is 7.08. The molecule has 0 aliphatic carbocycles. The third-order valence-corrected chi connectivity index (χ3v) is 7.84. The molecule has 1 atom stereocenters. The van der Waals surface area contributed by atoms with Gasteiger partial charge in [0.15, 0.2) is 0 Å². The summed E-state index contributed by atoms with van der Waals surface area (Å²) in [4.78, 5) is 44.7. The van der Waals surface area contributed by atoms with Gasteiger partial charge >= 0.3 is 6.03 Å². The maximum absolute atomic E-state index is 13.7. The zero-order valence-electron chi connectivity index (χ0n) is 20.0. The van der Waals surface area contributed by atoms with E-state index in [2.05, 4.69) is 17.4 Å². The molecule has 34 heavy (non-hydrogen) atoms. The number of thiophene rings is 1. The first kappa shape index (κ1) is 24.4. The summed E-state index contributed by atoms with van der Waals surface area (Å²) < 4.78 is 0. The van der Waals surface area contributed by atoms with E-state index in [0.29, 0.717) is 58.3 Å². The Balaban J connectivity index is 1.48. The molecule has 0 saturated carbocycles. The molecular formula is C26H34N4O3S. The molecule has 0 spiro atoms. The lowest BCUT2D eigenvalue weighted by Gasteiger charge is -2.41. The van der Waals surface area contributed by atoms with Crippen LogP contribution < -0.4 is 5.32 Å². The van der Waals surface area contributed by atoms with Crippen LogP contribution >= 0.6 is 11.3 Å². The number of carbonyl (C=O) groups excluding carboxylic acids is 3. The second-order valence-corrected chi connectivity index (χ2v) is 10.4. The molecule has 2 aliphatic rings. The molecule has 4 rings (SSSR count). The normalized spacial score (nSPS) is 21.4. The summed E-state index contributed by atoms with van der Waals surface area (Å²) in [5.41, 5.74) is 1.28. The van der Waals surface area contributed by atoms with Gasteiger partial charge in [0.1, 0.15) is 5.54 Å². The fourth-order valence-corrected chi connectivity index (χ4v) is 5.75. The molecule has 3 heterocycles. The Morgan fingerprint density at radius 1 is 1.12 bits per heavy atom. The zero-order valence-corrected chi connectivity index (χ0v) is 20.9. The maximum atomic E-state index is 13.7. The molecule has 4 amide bonds. The van der Waals surface area contributed by atoms with Crippen molar-refractivity contribution >= 4 is 29.2 Å². The highest BCUT2D eigenvalue weighted by atomic mass is 32.1. The van der Waals surface area contributed by atoms with Crippen molar-refractivity contribution in [2.75, 3.05) is 40.3 Å². The van der Waals surface area contributed by atoms with E-state index in [-0.39, 0.29) is 23.8 Å². The van der Waals surface area contributed by atoms with Crippen molar-refractivity contribution in [1.29, 1.82) is 0 Å². The molecule has 2 saturated heterocycles. The Bertz CT molecular complexity index is 987. The summed E-state index contributed by atoms with van der Waals surface area (Å²) in [6, 6.07) is 11.8. The average molecular weight is 483 g/mol. The largest absolute Gasteiger partial charge is 0.342 e. The molecule has 1 aromatic heterocycles. The number of carbonyl (C=O) groups is 3. The molecule has 1 aromatic carbocycles. The number of urea groups is 1. The van der Waals surface area contributed by atoms with E-state index in [1.54, 1.807) is 11.3 Å². The Hall–Kier alpha value is -2.71. The van der Waals surface area contributed by atoms with Crippen LogP contribution in [0.15, 0.2) is 47.2 Å². The van der Waals surface area contributed by atoms with Gasteiger partial charge in [-0.3, -0.25) is 14.5 Å². The molecule has 7 nitrogen and oxygen atoms in total. The van der Waals surface area contributed by atoms with Crippen molar-refractivity contribution in [2.24, 2.45) is 5.92 Å². The third kappa shape index (κ3) is 5.33. The van der Waals surface area contributed by atoms with Crippen LogP contribution in [0.1, 0.15) is 30.4 Å². The molecule has 8 heteroatoms. The number of benzene rings is 1. The van der Waals surface area contributed by atoms with Gasteiger partial charge in [-0.05, 0) is 73.6 Å². The van der Waals surface area contributed by atoms with E-state index < -0.39 is 5.54 Å². The number of likely N-dealkylation sites (N-methyl/N-ethyl adjacent to an activating group) is 1. The van der Waals surface area contributed by atoms with Crippen LogP contribution in [0.2, 0.25) is 0 Å². The van der Waals surface area contributed by atoms with Gasteiger partial charge in [0.25, 0.3) is 5.91 Å². The molecule has 2 aromatic rings. The van der Waals surface area contributed by atoms with Crippen molar-refractivity contribution < 1.29 is 14.4 Å². The molecular weight excluding hydrogens is 448 g/mol. The average Bonchev–Trinajstić information content (AvgIpc) is 3.43. The summed E-state index contributed by atoms with van der Waals surface area (Å²) >= 11 is 1.60. The van der Waals surface area contributed by atoms with Crippen LogP contribution in [0.4, 0.5) is 4.79 Å². The van der Waals surface area contributed by atoms with Crippen LogP contribution in [-0.4, -0.2) is 78.4 Å². The predicted octanol–water partition coefficient (Wildman–Crippen LogP) is 3.01. The predicted molar refractivity (Wildman–Crippen MR) is 134 cm³/mol. The summed E-state index contributed by atoms with van der Waals surface area (Å²) in [5.74, 6) is 0.0186. The minimum absolute atomic E-state index is 0.00205. The fourth-order valence-electron chi connectivity index (χ4n) is 5.09. The second-order valence-electron chi connectivity index (χ2n) is 9.61. The van der Waals surface area contributed by atoms with Crippen molar-refractivity contribution in [3.05, 3.63) is 58.3 Å². The number of nitrogens with zero attached hydrogens (tertiary/aromatic N) is 3. The maximum Gasteiger partial charge on any atom is 0.325 e. The van der Waals surface area contributed by atoms with E-state index in [1.807, 2.05) is 58.9 Å². The van der Waals surface area contributed by atoms with Gasteiger partial charge < -0.3 is 15.1 Å². The quantitative estimate of drug-likeness (QED) is 0.558. The summed E-state index contributed by atoms with van der Waals surface area (Å²) in [5, 5.41) is 7.13. The van der Waals surface area contributed by atoms with Gasteiger partial charge in [-0.15, -0.1) is 0 Å². The number of piperidine rings is 1. The van der Waals surface area contributed by atoms with Gasteiger partial charge in [0.2, 0.25) is 5.91 Å². The summed E-state index contributed by atoms with van der Waals surface area (Å²) in [6.07, 6.45) is 3.11. The number of hydrogen-bond donors (Lipinski definition) is 1. The van der Waals surface area contributed by atoms with Crippen molar-refractivity contribution in [2.45, 2.75) is 37.6 Å². The second kappa shape index (κ2) is 10.7. The van der Waals surface area contributed by atoms with Gasteiger partial charge in [0.05, 0.1) is 6.42 Å². The molecule has 2 aliphatic heterocycles. The van der Waals surface area contributed by atoms with Crippen LogP contribution in [0, 0.1) is 5.92 Å². The number of rotatable bonds is 9. The topological polar surface area (TPSA) is 73.0 Å². The number of nitrogens with one attached hydrogen (secondary N) is 1. The minimum atomic E-state index is -0.915. The van der Waals surface area contributed by atoms with Gasteiger partial charge in [0, 0.05) is 26.2 Å². The number of aryl methyl sites for hydroxylation is 1. The lowest BCUT2D eigenvalue weighted by molar-refractivity contribution is -0.136. The smallest absolute Gasteiger partial charge is 0.325 e. The van der Waals surface area contributed by atoms with E-state index >= 15 is 0 Å². The lowest BCUT2D eigenvalue weighted by atomic mass is 9.74. The van der Waals surface area contributed by atoms with Crippen molar-refractivity contribution in [1.82, 2.24) is 20.0 Å². The SMILES string of the molecule is CN(C)CCN1C(=O)N[C@@](CCc2ccccc2)(C2CCN(C(=O)Cc3ccsc3)CC2)C1=O. The Kier molecular flexibility index (Phi) is 7.68. The zero-order chi connectivity index (χ0) is 24.1. The molecule has 1 N–H and O–H groups in total. The highest BCUT2D eigenvalue weighted by Crippen LogP contribution is 2.37. The van der Waals surface area contributed by atoms with Crippen LogP contribution in [0.25, 0.3) is 0 Å². The first-order valence-electron chi connectivity index (χ1n) is 12.0. The standard InChI is InChI=1S/C26H34N4O3S/c1-28(2)15-16-30-24(32)26(27-25(30)33,12-8-20-6-4-3-5-7-20)22-9-13-29(14-10-22)23(31)18-21-11-17-34-19-21/h3-7,11,17,19,22H,8-10,12-16,18H2,1-2H3,(H,27,33)/t26-/m0/s1. The Morgan fingerprint density at radius 2 is 1.85 bits per heavy atom. The number of amides is 4. The first-order chi connectivity index (χ1) is 16.4. The van der Waals surface area contributed by atoms with E-state index in [9.17, 15) is 14.4 Å². The van der Waals surface area contributed by atoms with Crippen molar-refractivity contribution in [3.63, 3.8) is 0 Å². The van der Waals surface area contributed by atoms with Gasteiger partial charge in [-0.25, -0.2) is 4.79 Å². The highest BCUT2D eigenvalue weighted by Gasteiger charge is 2.55. The fraction of sp³-hybridized carbons (Fsp3) is 0.500. The third-order valence-electron chi connectivity index (χ3n) is 7.10. The minimum Gasteiger partial charge on any atom is -0.342 e. The number of likely N-dealkylation sites (tertiary alicyclic amines) is 1. The Labute approximate surface area is 205 Å². The first-order valence-corrected chi connectivity index (χ1v) is 12.9. The molecule has 0 bridgehead atoms. The van der Waals surface area contributed by atoms with E-state index in [1.165, 1.54) is 4.90 Å². The molecule has 182 valence electrons. The van der Waals surface area contributed by atoms with Crippen LogP contribution in [0.5, 0.6) is 0 Å². The Morgan fingerprint density at radius 3 is 2.50 bits per heavy atom. The molecule has 2 fully saturated rings. The molecule has 0 radical (unpaired) electrons. The van der Waals surface area contributed by atoms with Crippen LogP contribution in [0.3, 0.4) is 0 Å². The summed E-state index contributed by atoms with van der Waals surface area (Å²) in [6.45, 7) is 2.23. The number of imide groups is 1. The monoisotopic (exact) mass is 482 g/mol. The van der Waals surface area contributed by atoms with Crippen LogP contribution in [-0.2, 0) is 22.4 Å². The van der Waals surface area contributed by atoms with Gasteiger partial charge in [-0.1, -0.05) is 30.3 Å². The van der Waals surface area contributed by atoms with Gasteiger partial charge in [-0.2, -0.15) is 11.3 Å². The van der Waals surface area contributed by atoms with E-state index in [4.69, 9.17) is 0 Å².